The molecule has 0 amide bonds. The average Bonchev–Trinajstić information content (AvgIpc) is 2.37. The minimum atomic E-state index is -4.68. The van der Waals surface area contributed by atoms with Gasteiger partial charge in [-0.25, -0.2) is 4.98 Å². The number of rotatable bonds is 3. The molecule has 0 atom stereocenters. The summed E-state index contributed by atoms with van der Waals surface area (Å²) in [4.78, 5) is 6.47. The zero-order valence-corrected chi connectivity index (χ0v) is 12.0. The van der Waals surface area contributed by atoms with Gasteiger partial charge in [0.05, 0.1) is 0 Å². The van der Waals surface area contributed by atoms with Crippen LogP contribution in [0.5, 0.6) is 11.6 Å². The highest BCUT2D eigenvalue weighted by atomic mass is 35.5. The van der Waals surface area contributed by atoms with Crippen LogP contribution < -0.4 is 4.74 Å². The number of benzene rings is 1. The number of aromatic nitrogens is 2. The van der Waals surface area contributed by atoms with E-state index < -0.39 is 12.0 Å². The first-order chi connectivity index (χ1) is 9.75. The molecule has 21 heavy (non-hydrogen) atoms. The molecular weight excluding hydrogens is 305 g/mol. The van der Waals surface area contributed by atoms with Crippen LogP contribution >= 0.6 is 11.6 Å². The Balaban J connectivity index is 2.31. The lowest BCUT2D eigenvalue weighted by molar-refractivity contribution is -0.145. The van der Waals surface area contributed by atoms with Crippen LogP contribution in [0.1, 0.15) is 31.2 Å². The molecule has 0 unspecified atom stereocenters. The monoisotopic (exact) mass is 316 g/mol. The Kier molecular flexibility index (Phi) is 4.37. The minimum Gasteiger partial charge on any atom is -0.439 e. The first-order valence-corrected chi connectivity index (χ1v) is 6.53. The summed E-state index contributed by atoms with van der Waals surface area (Å²) in [5.41, 5.74) is 1.00. The molecule has 2 aromatic rings. The summed E-state index contributed by atoms with van der Waals surface area (Å²) in [6, 6.07) is 8.19. The molecule has 0 N–H and O–H groups in total. The van der Waals surface area contributed by atoms with Gasteiger partial charge in [-0.05, 0) is 23.6 Å². The van der Waals surface area contributed by atoms with Crippen molar-refractivity contribution < 1.29 is 17.9 Å². The number of hydrogen-bond acceptors (Lipinski definition) is 3. The van der Waals surface area contributed by atoms with Gasteiger partial charge in [0.1, 0.15) is 10.9 Å². The Morgan fingerprint density at radius 1 is 1.14 bits per heavy atom. The molecule has 112 valence electrons. The molecule has 0 aliphatic rings. The van der Waals surface area contributed by atoms with Crippen molar-refractivity contribution in [2.45, 2.75) is 25.9 Å². The van der Waals surface area contributed by atoms with Crippen molar-refractivity contribution in [3.8, 4) is 11.6 Å². The molecule has 0 bridgehead atoms. The Labute approximate surface area is 124 Å². The van der Waals surface area contributed by atoms with Crippen LogP contribution in [0, 0.1) is 0 Å². The fourth-order valence-corrected chi connectivity index (χ4v) is 1.81. The predicted octanol–water partition coefficient (Wildman–Crippen LogP) is 5.06. The molecule has 3 nitrogen and oxygen atoms in total. The third-order valence-electron chi connectivity index (χ3n) is 2.67. The average molecular weight is 317 g/mol. The molecule has 0 fully saturated rings. The van der Waals surface area contributed by atoms with Gasteiger partial charge in [0, 0.05) is 6.07 Å². The molecule has 1 heterocycles. The third kappa shape index (κ3) is 4.07. The second-order valence-corrected chi connectivity index (χ2v) is 5.07. The van der Waals surface area contributed by atoms with Crippen molar-refractivity contribution in [1.29, 1.82) is 0 Å². The van der Waals surface area contributed by atoms with Crippen molar-refractivity contribution >= 4 is 11.6 Å². The van der Waals surface area contributed by atoms with E-state index in [2.05, 4.69) is 9.97 Å². The maximum Gasteiger partial charge on any atom is 0.451 e. The fraction of sp³-hybridized carbons (Fsp3) is 0.286. The SMILES string of the molecule is CC(C)c1cccc(Oc2cc(Cl)nc(C(F)(F)F)n2)c1. The van der Waals surface area contributed by atoms with E-state index in [9.17, 15) is 13.2 Å². The van der Waals surface area contributed by atoms with E-state index in [0.717, 1.165) is 11.6 Å². The van der Waals surface area contributed by atoms with Gasteiger partial charge in [0.15, 0.2) is 0 Å². The van der Waals surface area contributed by atoms with Crippen LogP contribution in [0.15, 0.2) is 30.3 Å². The molecule has 0 aliphatic carbocycles. The van der Waals surface area contributed by atoms with Crippen molar-refractivity contribution in [2.75, 3.05) is 0 Å². The Morgan fingerprint density at radius 3 is 2.48 bits per heavy atom. The quantitative estimate of drug-likeness (QED) is 0.742. The fourth-order valence-electron chi connectivity index (χ4n) is 1.63. The van der Waals surface area contributed by atoms with Crippen LogP contribution in [0.25, 0.3) is 0 Å². The van der Waals surface area contributed by atoms with E-state index in [1.54, 1.807) is 18.2 Å². The Bertz CT molecular complexity index is 644. The highest BCUT2D eigenvalue weighted by molar-refractivity contribution is 6.29. The number of ether oxygens (including phenoxy) is 1. The van der Waals surface area contributed by atoms with Crippen molar-refractivity contribution in [2.24, 2.45) is 0 Å². The molecule has 0 radical (unpaired) electrons. The second kappa shape index (κ2) is 5.89. The van der Waals surface area contributed by atoms with Gasteiger partial charge in [-0.1, -0.05) is 37.6 Å². The van der Waals surface area contributed by atoms with Crippen LogP contribution in [-0.4, -0.2) is 9.97 Å². The molecule has 7 heteroatoms. The third-order valence-corrected chi connectivity index (χ3v) is 2.87. The summed E-state index contributed by atoms with van der Waals surface area (Å²) < 4.78 is 43.2. The normalized spacial score (nSPS) is 11.8. The zero-order chi connectivity index (χ0) is 15.6. The van der Waals surface area contributed by atoms with Crippen molar-refractivity contribution in [3.05, 3.63) is 46.9 Å². The number of halogens is 4. The van der Waals surface area contributed by atoms with Gasteiger partial charge in [-0.15, -0.1) is 0 Å². The van der Waals surface area contributed by atoms with Crippen molar-refractivity contribution in [3.63, 3.8) is 0 Å². The van der Waals surface area contributed by atoms with E-state index in [4.69, 9.17) is 16.3 Å². The molecule has 1 aromatic heterocycles. The second-order valence-electron chi connectivity index (χ2n) is 4.68. The summed E-state index contributed by atoms with van der Waals surface area (Å²) in [5.74, 6) is -0.911. The highest BCUT2D eigenvalue weighted by Gasteiger charge is 2.35. The molecule has 0 aliphatic heterocycles. The molecule has 1 aromatic carbocycles. The summed E-state index contributed by atoms with van der Waals surface area (Å²) in [6.07, 6.45) is -4.68. The first kappa shape index (κ1) is 15.6. The smallest absolute Gasteiger partial charge is 0.439 e. The van der Waals surface area contributed by atoms with E-state index in [0.29, 0.717) is 5.75 Å². The summed E-state index contributed by atoms with van der Waals surface area (Å²) in [5, 5.41) is -0.327. The van der Waals surface area contributed by atoms with Gasteiger partial charge in [0.2, 0.25) is 11.7 Å². The standard InChI is InChI=1S/C14H12ClF3N2O/c1-8(2)9-4-3-5-10(6-9)21-12-7-11(15)19-13(20-12)14(16,17)18/h3-8H,1-2H3. The lowest BCUT2D eigenvalue weighted by Crippen LogP contribution is -2.11. The summed E-state index contributed by atoms with van der Waals surface area (Å²) >= 11 is 5.57. The predicted molar refractivity (Wildman–Crippen MR) is 72.6 cm³/mol. The van der Waals surface area contributed by atoms with E-state index in [1.807, 2.05) is 19.9 Å². The van der Waals surface area contributed by atoms with Crippen LogP contribution in [0.3, 0.4) is 0 Å². The van der Waals surface area contributed by atoms with Gasteiger partial charge in [-0.2, -0.15) is 18.2 Å². The van der Waals surface area contributed by atoms with Gasteiger partial charge >= 0.3 is 6.18 Å². The highest BCUT2D eigenvalue weighted by Crippen LogP contribution is 2.31. The van der Waals surface area contributed by atoms with E-state index >= 15 is 0 Å². The van der Waals surface area contributed by atoms with Gasteiger partial charge < -0.3 is 4.74 Å². The Morgan fingerprint density at radius 2 is 1.86 bits per heavy atom. The summed E-state index contributed by atoms with van der Waals surface area (Å²) in [6.45, 7) is 4.00. The first-order valence-electron chi connectivity index (χ1n) is 6.15. The number of alkyl halides is 3. The molecule has 2 rings (SSSR count). The maximum absolute atomic E-state index is 12.6. The lowest BCUT2D eigenvalue weighted by Gasteiger charge is -2.11. The van der Waals surface area contributed by atoms with Gasteiger partial charge in [-0.3, -0.25) is 0 Å². The maximum atomic E-state index is 12.6. The molecule has 0 saturated carbocycles. The van der Waals surface area contributed by atoms with Crippen molar-refractivity contribution in [1.82, 2.24) is 9.97 Å². The largest absolute Gasteiger partial charge is 0.451 e. The minimum absolute atomic E-state index is 0.247. The topological polar surface area (TPSA) is 35.0 Å². The van der Waals surface area contributed by atoms with E-state index in [-0.39, 0.29) is 17.0 Å². The van der Waals surface area contributed by atoms with Crippen LogP contribution in [-0.2, 0) is 6.18 Å². The van der Waals surface area contributed by atoms with Gasteiger partial charge in [0.25, 0.3) is 0 Å². The summed E-state index contributed by atoms with van der Waals surface area (Å²) in [7, 11) is 0. The molecular formula is C14H12ClF3N2O. The zero-order valence-electron chi connectivity index (χ0n) is 11.3. The van der Waals surface area contributed by atoms with Crippen LogP contribution in [0.4, 0.5) is 13.2 Å². The number of hydrogen-bond donors (Lipinski definition) is 0. The Hall–Kier alpha value is -1.82. The molecule has 0 spiro atoms. The lowest BCUT2D eigenvalue weighted by atomic mass is 10.0. The van der Waals surface area contributed by atoms with E-state index in [1.165, 1.54) is 0 Å². The van der Waals surface area contributed by atoms with Crippen LogP contribution in [0.2, 0.25) is 5.15 Å². The molecule has 0 saturated heterocycles. The number of nitrogens with zero attached hydrogens (tertiary/aromatic N) is 2.